The van der Waals surface area contributed by atoms with Gasteiger partial charge in [0.05, 0.1) is 13.1 Å². The number of piperazine rings is 1. The number of amides is 2. The molecular weight excluding hydrogens is 204 g/mol. The van der Waals surface area contributed by atoms with Crippen LogP contribution in [0.4, 0.5) is 0 Å². The Balaban J connectivity index is 2.48. The Morgan fingerprint density at radius 3 is 2.38 bits per heavy atom. The third-order valence-electron chi connectivity index (χ3n) is 3.14. The van der Waals surface area contributed by atoms with E-state index in [1.165, 1.54) is 17.7 Å². The smallest absolute Gasteiger partial charge is 0.243 e. The summed E-state index contributed by atoms with van der Waals surface area (Å²) in [6.07, 6.45) is 4.48. The maximum Gasteiger partial charge on any atom is 0.243 e. The Morgan fingerprint density at radius 1 is 1.25 bits per heavy atom. The lowest BCUT2D eigenvalue weighted by Gasteiger charge is -2.29. The highest BCUT2D eigenvalue weighted by Gasteiger charge is 2.27. The van der Waals surface area contributed by atoms with Gasteiger partial charge in [0.25, 0.3) is 0 Å². The summed E-state index contributed by atoms with van der Waals surface area (Å²) in [6, 6.07) is 0. The normalized spacial score (nSPS) is 19.0. The first-order valence-electron chi connectivity index (χ1n) is 6.22. The number of imide groups is 1. The van der Waals surface area contributed by atoms with E-state index in [4.69, 9.17) is 0 Å². The summed E-state index contributed by atoms with van der Waals surface area (Å²) < 4.78 is 0. The minimum absolute atomic E-state index is 0.0776. The maximum atomic E-state index is 11.6. The van der Waals surface area contributed by atoms with Gasteiger partial charge in [0.2, 0.25) is 11.8 Å². The molecule has 0 saturated carbocycles. The first kappa shape index (κ1) is 13.2. The molecular formula is C12H22N2O2. The molecule has 16 heavy (non-hydrogen) atoms. The van der Waals surface area contributed by atoms with Gasteiger partial charge in [-0.1, -0.05) is 33.1 Å². The fourth-order valence-electron chi connectivity index (χ4n) is 1.99. The molecule has 92 valence electrons. The quantitative estimate of drug-likeness (QED) is 0.691. The largest absolute Gasteiger partial charge is 0.300 e. The minimum Gasteiger partial charge on any atom is -0.300 e. The Labute approximate surface area is 97.4 Å². The molecule has 0 bridgehead atoms. The van der Waals surface area contributed by atoms with E-state index in [1.807, 2.05) is 0 Å². The number of hydrogen-bond acceptors (Lipinski definition) is 3. The number of hydrogen-bond donors (Lipinski definition) is 1. The fraction of sp³-hybridized carbons (Fsp3) is 0.833. The third kappa shape index (κ3) is 3.59. The van der Waals surface area contributed by atoms with Crippen LogP contribution in [-0.4, -0.2) is 36.3 Å². The van der Waals surface area contributed by atoms with Crippen LogP contribution in [0, 0.1) is 5.92 Å². The van der Waals surface area contributed by atoms with Crippen molar-refractivity contribution in [1.29, 1.82) is 0 Å². The van der Waals surface area contributed by atoms with Gasteiger partial charge in [0.15, 0.2) is 0 Å². The lowest BCUT2D eigenvalue weighted by Crippen LogP contribution is -2.53. The van der Waals surface area contributed by atoms with Gasteiger partial charge in [0, 0.05) is 6.54 Å². The van der Waals surface area contributed by atoms with Crippen LogP contribution in [0.25, 0.3) is 0 Å². The molecule has 0 aromatic rings. The van der Waals surface area contributed by atoms with Crippen molar-refractivity contribution in [3.05, 3.63) is 0 Å². The van der Waals surface area contributed by atoms with Crippen molar-refractivity contribution in [2.24, 2.45) is 5.92 Å². The molecule has 1 aliphatic heterocycles. The molecule has 4 heteroatoms. The topological polar surface area (TPSA) is 49.4 Å². The van der Waals surface area contributed by atoms with Crippen LogP contribution < -0.4 is 5.32 Å². The van der Waals surface area contributed by atoms with E-state index in [-0.39, 0.29) is 11.8 Å². The van der Waals surface area contributed by atoms with Crippen LogP contribution in [0.2, 0.25) is 0 Å². The van der Waals surface area contributed by atoms with Crippen LogP contribution >= 0.6 is 0 Å². The van der Waals surface area contributed by atoms with Gasteiger partial charge in [-0.15, -0.1) is 0 Å². The summed E-state index contributed by atoms with van der Waals surface area (Å²) in [4.78, 5) is 24.6. The number of carbonyl (C=O) groups excluding carboxylic acids is 2. The zero-order chi connectivity index (χ0) is 12.0. The maximum absolute atomic E-state index is 11.6. The second-order valence-electron chi connectivity index (χ2n) is 4.42. The molecule has 0 aromatic carbocycles. The van der Waals surface area contributed by atoms with E-state index >= 15 is 0 Å². The highest BCUT2D eigenvalue weighted by molar-refractivity contribution is 5.99. The SMILES string of the molecule is CCCCC(CC)CN1C(=O)CNCC1=O. The average molecular weight is 226 g/mol. The van der Waals surface area contributed by atoms with Crippen molar-refractivity contribution >= 4 is 11.8 Å². The summed E-state index contributed by atoms with van der Waals surface area (Å²) in [6.45, 7) is 5.49. The zero-order valence-corrected chi connectivity index (χ0v) is 10.3. The van der Waals surface area contributed by atoms with E-state index in [1.54, 1.807) is 0 Å². The molecule has 1 fully saturated rings. The summed E-state index contributed by atoms with van der Waals surface area (Å²) >= 11 is 0. The molecule has 0 aromatic heterocycles. The number of nitrogens with one attached hydrogen (secondary N) is 1. The van der Waals surface area contributed by atoms with Crippen LogP contribution in [0.15, 0.2) is 0 Å². The number of carbonyl (C=O) groups is 2. The van der Waals surface area contributed by atoms with Crippen LogP contribution in [0.1, 0.15) is 39.5 Å². The number of unbranched alkanes of at least 4 members (excludes halogenated alkanes) is 1. The van der Waals surface area contributed by atoms with Crippen molar-refractivity contribution in [3.8, 4) is 0 Å². The Hall–Kier alpha value is -0.900. The highest BCUT2D eigenvalue weighted by Crippen LogP contribution is 2.15. The van der Waals surface area contributed by atoms with Crippen molar-refractivity contribution in [1.82, 2.24) is 10.2 Å². The van der Waals surface area contributed by atoms with E-state index in [9.17, 15) is 9.59 Å². The molecule has 4 nitrogen and oxygen atoms in total. The van der Waals surface area contributed by atoms with Crippen LogP contribution in [0.5, 0.6) is 0 Å². The summed E-state index contributed by atoms with van der Waals surface area (Å²) in [5, 5.41) is 2.81. The predicted molar refractivity (Wildman–Crippen MR) is 62.9 cm³/mol. The van der Waals surface area contributed by atoms with E-state index < -0.39 is 0 Å². The summed E-state index contributed by atoms with van der Waals surface area (Å²) in [7, 11) is 0. The standard InChI is InChI=1S/C12H22N2O2/c1-3-5-6-10(4-2)9-14-11(15)7-13-8-12(14)16/h10,13H,3-9H2,1-2H3. The Bertz CT molecular complexity index is 237. The lowest BCUT2D eigenvalue weighted by atomic mass is 9.98. The van der Waals surface area contributed by atoms with Gasteiger partial charge in [-0.2, -0.15) is 0 Å². The van der Waals surface area contributed by atoms with E-state index in [0.717, 1.165) is 12.8 Å². The molecule has 0 radical (unpaired) electrons. The second-order valence-corrected chi connectivity index (χ2v) is 4.42. The molecule has 1 N–H and O–H groups in total. The third-order valence-corrected chi connectivity index (χ3v) is 3.14. The van der Waals surface area contributed by atoms with E-state index in [2.05, 4.69) is 19.2 Å². The molecule has 1 unspecified atom stereocenters. The minimum atomic E-state index is -0.0776. The molecule has 2 amide bonds. The fourth-order valence-corrected chi connectivity index (χ4v) is 1.99. The molecule has 1 aliphatic rings. The molecule has 0 spiro atoms. The molecule has 1 rings (SSSR count). The van der Waals surface area contributed by atoms with Gasteiger partial charge in [-0.3, -0.25) is 19.8 Å². The van der Waals surface area contributed by atoms with Crippen molar-refractivity contribution < 1.29 is 9.59 Å². The average Bonchev–Trinajstić information content (AvgIpc) is 2.28. The Kier molecular flexibility index (Phi) is 5.46. The van der Waals surface area contributed by atoms with Crippen LogP contribution in [0.3, 0.4) is 0 Å². The zero-order valence-electron chi connectivity index (χ0n) is 10.3. The number of nitrogens with zero attached hydrogens (tertiary/aromatic N) is 1. The van der Waals surface area contributed by atoms with E-state index in [0.29, 0.717) is 25.6 Å². The van der Waals surface area contributed by atoms with Gasteiger partial charge >= 0.3 is 0 Å². The van der Waals surface area contributed by atoms with Gasteiger partial charge in [-0.05, 0) is 12.3 Å². The highest BCUT2D eigenvalue weighted by atomic mass is 16.2. The monoisotopic (exact) mass is 226 g/mol. The van der Waals surface area contributed by atoms with Crippen molar-refractivity contribution in [2.45, 2.75) is 39.5 Å². The number of rotatable bonds is 6. The molecule has 1 saturated heterocycles. The van der Waals surface area contributed by atoms with Gasteiger partial charge in [-0.25, -0.2) is 0 Å². The first-order valence-corrected chi connectivity index (χ1v) is 6.22. The summed E-state index contributed by atoms with van der Waals surface area (Å²) in [5.74, 6) is 0.309. The lowest BCUT2D eigenvalue weighted by molar-refractivity contribution is -0.147. The van der Waals surface area contributed by atoms with Crippen molar-refractivity contribution in [2.75, 3.05) is 19.6 Å². The van der Waals surface area contributed by atoms with Crippen molar-refractivity contribution in [3.63, 3.8) is 0 Å². The molecule has 1 heterocycles. The molecule has 1 atom stereocenters. The predicted octanol–water partition coefficient (Wildman–Crippen LogP) is 1.16. The second kappa shape index (κ2) is 6.63. The van der Waals surface area contributed by atoms with Gasteiger partial charge in [0.1, 0.15) is 0 Å². The van der Waals surface area contributed by atoms with Gasteiger partial charge < -0.3 is 0 Å². The first-order chi connectivity index (χ1) is 7.69. The molecule has 0 aliphatic carbocycles. The van der Waals surface area contributed by atoms with Crippen LogP contribution in [-0.2, 0) is 9.59 Å². The summed E-state index contributed by atoms with van der Waals surface area (Å²) in [5.41, 5.74) is 0. The Morgan fingerprint density at radius 2 is 1.88 bits per heavy atom.